The summed E-state index contributed by atoms with van der Waals surface area (Å²) in [6.07, 6.45) is -4.65. The van der Waals surface area contributed by atoms with E-state index in [0.717, 1.165) is 5.56 Å². The van der Waals surface area contributed by atoms with Gasteiger partial charge in [0.25, 0.3) is 0 Å². The highest BCUT2D eigenvalue weighted by Gasteiger charge is 2.25. The van der Waals surface area contributed by atoms with E-state index < -0.39 is 24.5 Å². The summed E-state index contributed by atoms with van der Waals surface area (Å²) in [6.45, 7) is 1.86. The minimum atomic E-state index is -4.12. The summed E-state index contributed by atoms with van der Waals surface area (Å²) in [5, 5.41) is 8.88. The Morgan fingerprint density at radius 2 is 1.91 bits per heavy atom. The van der Waals surface area contributed by atoms with Gasteiger partial charge in [0.2, 0.25) is 0 Å². The van der Waals surface area contributed by atoms with Crippen molar-refractivity contribution in [3.05, 3.63) is 29.8 Å². The zero-order chi connectivity index (χ0) is 17.3. The Morgan fingerprint density at radius 3 is 2.43 bits per heavy atom. The first kappa shape index (κ1) is 18.9. The lowest BCUT2D eigenvalue weighted by atomic mass is 9.96. The SMILES string of the molecule is CC#C[C@H](CC(=O)O)c1ccc(OCCCCC(F)(F)F)cc1. The molecule has 0 aliphatic rings. The molecule has 1 rings (SSSR count). The van der Waals surface area contributed by atoms with Gasteiger partial charge in [0.15, 0.2) is 0 Å². The van der Waals surface area contributed by atoms with Crippen LogP contribution in [0.2, 0.25) is 0 Å². The number of benzene rings is 1. The molecule has 0 saturated heterocycles. The molecule has 0 fully saturated rings. The van der Waals surface area contributed by atoms with Gasteiger partial charge in [0, 0.05) is 6.42 Å². The molecule has 0 bridgehead atoms. The van der Waals surface area contributed by atoms with Crippen LogP contribution in [0.4, 0.5) is 13.2 Å². The van der Waals surface area contributed by atoms with Crippen molar-refractivity contribution in [1.29, 1.82) is 0 Å². The van der Waals surface area contributed by atoms with Crippen molar-refractivity contribution in [2.75, 3.05) is 6.61 Å². The van der Waals surface area contributed by atoms with E-state index in [1.807, 2.05) is 0 Å². The number of halogens is 3. The third-order valence-corrected chi connectivity index (χ3v) is 3.10. The van der Waals surface area contributed by atoms with Crippen LogP contribution in [-0.2, 0) is 4.79 Å². The summed E-state index contributed by atoms with van der Waals surface area (Å²) in [5.74, 6) is 4.78. The van der Waals surface area contributed by atoms with E-state index in [-0.39, 0.29) is 19.4 Å². The fourth-order valence-electron chi connectivity index (χ4n) is 2.01. The molecule has 0 unspecified atom stereocenters. The van der Waals surface area contributed by atoms with Gasteiger partial charge >= 0.3 is 12.1 Å². The van der Waals surface area contributed by atoms with Crippen molar-refractivity contribution in [1.82, 2.24) is 0 Å². The van der Waals surface area contributed by atoms with Crippen LogP contribution in [0.25, 0.3) is 0 Å². The maximum absolute atomic E-state index is 12.0. The van der Waals surface area contributed by atoms with E-state index in [4.69, 9.17) is 9.84 Å². The van der Waals surface area contributed by atoms with Crippen molar-refractivity contribution >= 4 is 5.97 Å². The lowest BCUT2D eigenvalue weighted by Crippen LogP contribution is -2.08. The second kappa shape index (κ2) is 9.09. The molecule has 0 aliphatic heterocycles. The molecular formula is C17H19F3O3. The zero-order valence-corrected chi connectivity index (χ0v) is 12.8. The van der Waals surface area contributed by atoms with Gasteiger partial charge < -0.3 is 9.84 Å². The Balaban J connectivity index is 2.48. The average molecular weight is 328 g/mol. The van der Waals surface area contributed by atoms with Crippen molar-refractivity contribution in [3.63, 3.8) is 0 Å². The van der Waals surface area contributed by atoms with Crippen molar-refractivity contribution in [2.24, 2.45) is 0 Å². The summed E-state index contributed by atoms with van der Waals surface area (Å²) < 4.78 is 41.3. The number of aliphatic carboxylic acids is 1. The second-order valence-corrected chi connectivity index (χ2v) is 5.03. The molecule has 1 atom stereocenters. The van der Waals surface area contributed by atoms with E-state index in [2.05, 4.69) is 11.8 Å². The second-order valence-electron chi connectivity index (χ2n) is 5.03. The summed E-state index contributed by atoms with van der Waals surface area (Å²) in [6, 6.07) is 6.79. The topological polar surface area (TPSA) is 46.5 Å². The average Bonchev–Trinajstić information content (AvgIpc) is 2.45. The molecule has 126 valence electrons. The van der Waals surface area contributed by atoms with Crippen LogP contribution in [0, 0.1) is 11.8 Å². The quantitative estimate of drug-likeness (QED) is 0.569. The van der Waals surface area contributed by atoms with E-state index in [1.165, 1.54) is 0 Å². The predicted molar refractivity (Wildman–Crippen MR) is 80.3 cm³/mol. The maximum atomic E-state index is 12.0. The van der Waals surface area contributed by atoms with Gasteiger partial charge in [0.1, 0.15) is 5.75 Å². The number of ether oxygens (including phenoxy) is 1. The van der Waals surface area contributed by atoms with Crippen LogP contribution in [0.15, 0.2) is 24.3 Å². The highest BCUT2D eigenvalue weighted by atomic mass is 19.4. The lowest BCUT2D eigenvalue weighted by Gasteiger charge is -2.11. The number of unbranched alkanes of at least 4 members (excludes halogenated alkanes) is 1. The third-order valence-electron chi connectivity index (χ3n) is 3.10. The van der Waals surface area contributed by atoms with Gasteiger partial charge in [-0.15, -0.1) is 5.92 Å². The van der Waals surface area contributed by atoms with Crippen molar-refractivity contribution < 1.29 is 27.8 Å². The van der Waals surface area contributed by atoms with Crippen LogP contribution < -0.4 is 4.74 Å². The Bertz CT molecular complexity index is 553. The van der Waals surface area contributed by atoms with Gasteiger partial charge in [-0.1, -0.05) is 18.1 Å². The summed E-state index contributed by atoms with van der Waals surface area (Å²) in [5.41, 5.74) is 0.770. The standard InChI is InChI=1S/C17H19F3O3/c1-2-5-14(12-16(21)22)13-6-8-15(9-7-13)23-11-4-3-10-17(18,19)20/h6-9,14H,3-4,10-12H2,1H3,(H,21,22)/t14-/m1/s1. The smallest absolute Gasteiger partial charge is 0.389 e. The number of carbonyl (C=O) groups is 1. The van der Waals surface area contributed by atoms with Crippen LogP contribution in [0.5, 0.6) is 5.75 Å². The van der Waals surface area contributed by atoms with E-state index in [9.17, 15) is 18.0 Å². The number of alkyl halides is 3. The molecule has 3 nitrogen and oxygen atoms in total. The van der Waals surface area contributed by atoms with E-state index >= 15 is 0 Å². The third kappa shape index (κ3) is 8.15. The Hall–Kier alpha value is -2.16. The molecule has 0 amide bonds. The Morgan fingerprint density at radius 1 is 1.26 bits per heavy atom. The molecule has 0 aromatic heterocycles. The number of rotatable bonds is 8. The number of hydrogen-bond donors (Lipinski definition) is 1. The normalized spacial score (nSPS) is 12.2. The van der Waals surface area contributed by atoms with Gasteiger partial charge in [-0.25, -0.2) is 0 Å². The molecule has 0 heterocycles. The van der Waals surface area contributed by atoms with Gasteiger partial charge in [0.05, 0.1) is 18.9 Å². The van der Waals surface area contributed by atoms with E-state index in [1.54, 1.807) is 31.2 Å². The molecule has 0 spiro atoms. The molecule has 23 heavy (non-hydrogen) atoms. The largest absolute Gasteiger partial charge is 0.494 e. The molecule has 0 saturated carbocycles. The first-order chi connectivity index (χ1) is 10.8. The van der Waals surface area contributed by atoms with Gasteiger partial charge in [-0.05, 0) is 37.5 Å². The monoisotopic (exact) mass is 328 g/mol. The lowest BCUT2D eigenvalue weighted by molar-refractivity contribution is -0.137. The fraction of sp³-hybridized carbons (Fsp3) is 0.471. The van der Waals surface area contributed by atoms with Crippen molar-refractivity contribution in [3.8, 4) is 17.6 Å². The minimum absolute atomic E-state index is 0.0361. The molecule has 6 heteroatoms. The first-order valence-electron chi connectivity index (χ1n) is 7.25. The highest BCUT2D eigenvalue weighted by Crippen LogP contribution is 2.24. The van der Waals surface area contributed by atoms with E-state index in [0.29, 0.717) is 12.2 Å². The van der Waals surface area contributed by atoms with Gasteiger partial charge in [-0.2, -0.15) is 13.2 Å². The number of carboxylic acids is 1. The molecule has 0 radical (unpaired) electrons. The minimum Gasteiger partial charge on any atom is -0.494 e. The van der Waals surface area contributed by atoms with Gasteiger partial charge in [-0.3, -0.25) is 4.79 Å². The van der Waals surface area contributed by atoms with Crippen molar-refractivity contribution in [2.45, 2.75) is 44.7 Å². The maximum Gasteiger partial charge on any atom is 0.389 e. The number of hydrogen-bond acceptors (Lipinski definition) is 2. The summed E-state index contributed by atoms with van der Waals surface area (Å²) in [7, 11) is 0. The van der Waals surface area contributed by atoms with Crippen LogP contribution >= 0.6 is 0 Å². The molecule has 1 aromatic rings. The Kier molecular flexibility index (Phi) is 7.46. The first-order valence-corrected chi connectivity index (χ1v) is 7.25. The van der Waals surface area contributed by atoms with Crippen LogP contribution in [0.1, 0.15) is 44.1 Å². The molecule has 0 aliphatic carbocycles. The highest BCUT2D eigenvalue weighted by molar-refractivity contribution is 5.69. The Labute approximate surface area is 133 Å². The van der Waals surface area contributed by atoms with Crippen LogP contribution in [0.3, 0.4) is 0 Å². The fourth-order valence-corrected chi connectivity index (χ4v) is 2.01. The molecule has 1 aromatic carbocycles. The molecular weight excluding hydrogens is 309 g/mol. The van der Waals surface area contributed by atoms with Crippen LogP contribution in [-0.4, -0.2) is 23.9 Å². The molecule has 1 N–H and O–H groups in total. The summed E-state index contributed by atoms with van der Waals surface area (Å²) >= 11 is 0. The number of carboxylic acid groups (broad SMARTS) is 1. The zero-order valence-electron chi connectivity index (χ0n) is 12.8. The summed E-state index contributed by atoms with van der Waals surface area (Å²) in [4.78, 5) is 10.8. The predicted octanol–water partition coefficient (Wildman–Crippen LogP) is 4.38.